The molecule has 0 saturated carbocycles. The molecule has 6 heteroatoms. The lowest BCUT2D eigenvalue weighted by atomic mass is 9.80. The fourth-order valence-electron chi connectivity index (χ4n) is 9.37. The third kappa shape index (κ3) is 5.93. The van der Waals surface area contributed by atoms with E-state index in [4.69, 9.17) is 0 Å². The summed E-state index contributed by atoms with van der Waals surface area (Å²) in [5.74, 6) is -6.79. The van der Waals surface area contributed by atoms with E-state index < -0.39 is 46.0 Å². The van der Waals surface area contributed by atoms with Gasteiger partial charge in [-0.1, -0.05) is 133 Å². The van der Waals surface area contributed by atoms with Gasteiger partial charge < -0.3 is 0 Å². The molecule has 11 rings (SSSR count). The second kappa shape index (κ2) is 14.5. The molecule has 0 saturated heterocycles. The molecule has 11 aromatic rings. The summed E-state index contributed by atoms with van der Waals surface area (Å²) in [5, 5.41) is 6.21. The average molecular weight is 817 g/mol. The van der Waals surface area contributed by atoms with E-state index in [1.54, 1.807) is 18.2 Å². The summed E-state index contributed by atoms with van der Waals surface area (Å²) in [7, 11) is 0. The summed E-state index contributed by atoms with van der Waals surface area (Å²) < 4.78 is 95.1. The van der Waals surface area contributed by atoms with Crippen LogP contribution < -0.4 is 0 Å². The Morgan fingerprint density at radius 1 is 0.210 bits per heavy atom. The Labute approximate surface area is 351 Å². The first-order chi connectivity index (χ1) is 30.2. The zero-order valence-electron chi connectivity index (χ0n) is 32.6. The summed E-state index contributed by atoms with van der Waals surface area (Å²) in [5.41, 5.74) is 4.09. The maximum absolute atomic E-state index is 16.4. The van der Waals surface area contributed by atoms with Crippen molar-refractivity contribution in [1.29, 1.82) is 0 Å². The topological polar surface area (TPSA) is 0 Å². The number of rotatable bonds is 5. The molecule has 0 nitrogen and oxygen atoms in total. The van der Waals surface area contributed by atoms with E-state index in [1.165, 1.54) is 0 Å². The smallest absolute Gasteiger partial charge is 0.136 e. The van der Waals surface area contributed by atoms with Crippen LogP contribution in [0.1, 0.15) is 0 Å². The minimum Gasteiger partial charge on any atom is -0.207 e. The zero-order valence-corrected chi connectivity index (χ0v) is 32.6. The molecule has 11 aromatic carbocycles. The SMILES string of the molecule is Fc1cc(F)c(-c2c3ccc(-c4ccccc4)cc3c(-c3c(F)cc(F)cc3F)c3cc4c(cc23)c(-c2ccccc2)c(-c2ccc3ccccc3c2)c2ccccc24)c(F)c1. The third-order valence-corrected chi connectivity index (χ3v) is 12.0. The molecule has 0 atom stereocenters. The van der Waals surface area contributed by atoms with Gasteiger partial charge in [0.25, 0.3) is 0 Å². The monoisotopic (exact) mass is 816 g/mol. The summed E-state index contributed by atoms with van der Waals surface area (Å²) >= 11 is 0. The Bertz CT molecular complexity index is 3590. The van der Waals surface area contributed by atoms with Crippen LogP contribution in [-0.4, -0.2) is 0 Å². The van der Waals surface area contributed by atoms with Crippen LogP contribution in [0.15, 0.2) is 182 Å². The molecule has 0 spiro atoms. The van der Waals surface area contributed by atoms with Gasteiger partial charge in [-0.2, -0.15) is 0 Å². The largest absolute Gasteiger partial charge is 0.207 e. The molecule has 0 heterocycles. The van der Waals surface area contributed by atoms with Crippen molar-refractivity contribution >= 4 is 53.9 Å². The van der Waals surface area contributed by atoms with E-state index in [2.05, 4.69) is 30.3 Å². The first-order valence-electron chi connectivity index (χ1n) is 20.1. The lowest BCUT2D eigenvalue weighted by Gasteiger charge is -2.23. The Morgan fingerprint density at radius 2 is 0.645 bits per heavy atom. The predicted octanol–water partition coefficient (Wildman–Crippen LogP) is 16.6. The lowest BCUT2D eigenvalue weighted by molar-refractivity contribution is 0.547. The van der Waals surface area contributed by atoms with Crippen molar-refractivity contribution in [2.75, 3.05) is 0 Å². The summed E-state index contributed by atoms with van der Waals surface area (Å²) in [6, 6.07) is 52.7. The molecule has 0 fully saturated rings. The van der Waals surface area contributed by atoms with E-state index in [-0.39, 0.29) is 32.7 Å². The van der Waals surface area contributed by atoms with E-state index in [0.29, 0.717) is 40.6 Å². The fraction of sp³-hybridized carbons (Fsp3) is 0. The molecule has 0 N–H and O–H groups in total. The van der Waals surface area contributed by atoms with Gasteiger partial charge in [-0.25, -0.2) is 26.3 Å². The molecule has 0 radical (unpaired) electrons. The minimum atomic E-state index is -1.15. The number of fused-ring (bicyclic) bond motifs is 6. The maximum atomic E-state index is 16.4. The van der Waals surface area contributed by atoms with Crippen molar-refractivity contribution < 1.29 is 26.3 Å². The molecular formula is C56H30F6. The van der Waals surface area contributed by atoms with Gasteiger partial charge in [0.2, 0.25) is 0 Å². The third-order valence-electron chi connectivity index (χ3n) is 12.0. The van der Waals surface area contributed by atoms with Crippen LogP contribution in [0.5, 0.6) is 0 Å². The number of hydrogen-bond acceptors (Lipinski definition) is 0. The highest BCUT2D eigenvalue weighted by Crippen LogP contribution is 2.52. The van der Waals surface area contributed by atoms with Gasteiger partial charge in [0.1, 0.15) is 34.9 Å². The van der Waals surface area contributed by atoms with Crippen LogP contribution in [0.3, 0.4) is 0 Å². The summed E-state index contributed by atoms with van der Waals surface area (Å²) in [6.45, 7) is 0. The van der Waals surface area contributed by atoms with Gasteiger partial charge in [-0.15, -0.1) is 0 Å². The highest BCUT2D eigenvalue weighted by molar-refractivity contribution is 6.29. The average Bonchev–Trinajstić information content (AvgIpc) is 3.28. The highest BCUT2D eigenvalue weighted by Gasteiger charge is 2.28. The van der Waals surface area contributed by atoms with Gasteiger partial charge in [-0.3, -0.25) is 0 Å². The van der Waals surface area contributed by atoms with Crippen molar-refractivity contribution in [2.45, 2.75) is 0 Å². The Morgan fingerprint density at radius 3 is 1.27 bits per heavy atom. The molecule has 0 aromatic heterocycles. The first kappa shape index (κ1) is 37.3. The van der Waals surface area contributed by atoms with Gasteiger partial charge in [0.15, 0.2) is 0 Å². The maximum Gasteiger partial charge on any atom is 0.136 e. The van der Waals surface area contributed by atoms with Crippen molar-refractivity contribution in [3.8, 4) is 55.6 Å². The van der Waals surface area contributed by atoms with Crippen LogP contribution in [0.25, 0.3) is 109 Å². The van der Waals surface area contributed by atoms with Crippen LogP contribution in [0.4, 0.5) is 26.3 Å². The summed E-state index contributed by atoms with van der Waals surface area (Å²) in [6.07, 6.45) is 0. The second-order valence-electron chi connectivity index (χ2n) is 15.5. The molecule has 62 heavy (non-hydrogen) atoms. The van der Waals surface area contributed by atoms with E-state index in [9.17, 15) is 8.78 Å². The first-order valence-corrected chi connectivity index (χ1v) is 20.1. The molecule has 0 aliphatic heterocycles. The lowest BCUT2D eigenvalue weighted by Crippen LogP contribution is -2.00. The molecule has 0 aliphatic rings. The quantitative estimate of drug-likeness (QED) is 0.0922. The van der Waals surface area contributed by atoms with Crippen molar-refractivity contribution in [3.63, 3.8) is 0 Å². The van der Waals surface area contributed by atoms with Crippen molar-refractivity contribution in [1.82, 2.24) is 0 Å². The van der Waals surface area contributed by atoms with Gasteiger partial charge in [-0.05, 0) is 112 Å². The van der Waals surface area contributed by atoms with Gasteiger partial charge >= 0.3 is 0 Å². The van der Waals surface area contributed by atoms with Crippen LogP contribution in [-0.2, 0) is 0 Å². The molecular weight excluding hydrogens is 787 g/mol. The highest BCUT2D eigenvalue weighted by atomic mass is 19.2. The predicted molar refractivity (Wildman–Crippen MR) is 241 cm³/mol. The normalized spacial score (nSPS) is 11.7. The van der Waals surface area contributed by atoms with E-state index in [1.807, 2.05) is 109 Å². The molecule has 0 bridgehead atoms. The number of hydrogen-bond donors (Lipinski definition) is 0. The Hall–Kier alpha value is -7.70. The molecule has 0 amide bonds. The van der Waals surface area contributed by atoms with E-state index in [0.717, 1.165) is 49.4 Å². The van der Waals surface area contributed by atoms with Crippen molar-refractivity contribution in [2.24, 2.45) is 0 Å². The van der Waals surface area contributed by atoms with Crippen LogP contribution in [0, 0.1) is 34.9 Å². The van der Waals surface area contributed by atoms with Gasteiger partial charge in [0.05, 0.1) is 11.1 Å². The standard InChI is InChI=1S/C56H30F6/c57-37-25-47(59)55(48(60)26-37)53-41-22-21-35(31-11-3-1-4-12-31)24-43(41)54(56-49(61)27-38(58)28-50(56)62)45-29-42-39-17-9-10-18-40(39)52(36-20-19-32-13-7-8-16-34(32)23-36)51(44(42)30-46(45)53)33-14-5-2-6-15-33/h1-30H. The minimum absolute atomic E-state index is 0.0672. The molecule has 296 valence electrons. The van der Waals surface area contributed by atoms with Crippen molar-refractivity contribution in [3.05, 3.63) is 217 Å². The van der Waals surface area contributed by atoms with Gasteiger partial charge in [0, 0.05) is 35.4 Å². The summed E-state index contributed by atoms with van der Waals surface area (Å²) in [4.78, 5) is 0. The fourth-order valence-corrected chi connectivity index (χ4v) is 9.37. The molecule has 0 aliphatic carbocycles. The number of halogens is 6. The van der Waals surface area contributed by atoms with E-state index >= 15 is 17.6 Å². The zero-order chi connectivity index (χ0) is 42.2. The van der Waals surface area contributed by atoms with Crippen LogP contribution >= 0.6 is 0 Å². The number of benzene rings is 11. The Kier molecular flexibility index (Phi) is 8.72. The van der Waals surface area contributed by atoms with Crippen LogP contribution in [0.2, 0.25) is 0 Å². The molecule has 0 unspecified atom stereocenters. The Balaban J connectivity index is 1.41. The second-order valence-corrected chi connectivity index (χ2v) is 15.5.